The highest BCUT2D eigenvalue weighted by atomic mass is 35.5. The summed E-state index contributed by atoms with van der Waals surface area (Å²) < 4.78 is 20.1. The molecule has 0 radical (unpaired) electrons. The van der Waals surface area contributed by atoms with Crippen LogP contribution in [0, 0.1) is 18.8 Å². The lowest BCUT2D eigenvalue weighted by atomic mass is 10.0. The Bertz CT molecular complexity index is 1760. The molecule has 226 valence electrons. The third kappa shape index (κ3) is 5.01. The molecule has 7 rings (SSSR count). The number of carbonyl (C=O) groups is 2. The summed E-state index contributed by atoms with van der Waals surface area (Å²) in [5.74, 6) is 2.03. The number of alkyl carbamates (subject to hydrolysis) is 1. The molecule has 2 unspecified atom stereocenters. The van der Waals surface area contributed by atoms with Gasteiger partial charge in [0, 0.05) is 29.6 Å². The van der Waals surface area contributed by atoms with Crippen molar-refractivity contribution in [2.24, 2.45) is 11.8 Å². The Morgan fingerprint density at radius 3 is 2.65 bits per heavy atom. The summed E-state index contributed by atoms with van der Waals surface area (Å²) in [7, 11) is 1.61. The SMILES string of the molecule is COc1cc(C(=O)N2CC3CCC2[C@@H]3NC(=O)OC(C)(C)C)cc2oc(-c3cc4ccc(Cl)nc4n3CC3CC3)c(C)c12. The minimum Gasteiger partial charge on any atom is -0.496 e. The van der Waals surface area contributed by atoms with Crippen LogP contribution in [0.2, 0.25) is 5.15 Å². The van der Waals surface area contributed by atoms with Crippen molar-refractivity contribution >= 4 is 45.6 Å². The molecule has 1 aromatic carbocycles. The highest BCUT2D eigenvalue weighted by Crippen LogP contribution is 2.43. The molecule has 1 aliphatic heterocycles. The quantitative estimate of drug-likeness (QED) is 0.239. The molecule has 3 atom stereocenters. The van der Waals surface area contributed by atoms with Crippen molar-refractivity contribution in [2.75, 3.05) is 13.7 Å². The number of hydrogen-bond donors (Lipinski definition) is 1. The summed E-state index contributed by atoms with van der Waals surface area (Å²) in [4.78, 5) is 33.0. The Kier molecular flexibility index (Phi) is 6.65. The van der Waals surface area contributed by atoms with E-state index in [0.717, 1.165) is 52.8 Å². The van der Waals surface area contributed by atoms with Crippen molar-refractivity contribution in [1.29, 1.82) is 0 Å². The van der Waals surface area contributed by atoms with Gasteiger partial charge in [-0.2, -0.15) is 0 Å². The lowest BCUT2D eigenvalue weighted by molar-refractivity contribution is 0.0485. The van der Waals surface area contributed by atoms with Crippen molar-refractivity contribution in [2.45, 2.75) is 77.6 Å². The van der Waals surface area contributed by atoms with E-state index in [2.05, 4.69) is 20.9 Å². The first-order valence-electron chi connectivity index (χ1n) is 15.1. The van der Waals surface area contributed by atoms with Crippen molar-refractivity contribution in [3.63, 3.8) is 0 Å². The maximum absolute atomic E-state index is 14.0. The fourth-order valence-electron chi connectivity index (χ4n) is 6.96. The predicted molar refractivity (Wildman–Crippen MR) is 165 cm³/mol. The minimum absolute atomic E-state index is 0.0851. The number of ether oxygens (including phenoxy) is 2. The second kappa shape index (κ2) is 10.2. The zero-order valence-electron chi connectivity index (χ0n) is 25.2. The number of likely N-dealkylation sites (tertiary alicyclic amines) is 1. The number of methoxy groups -OCH3 is 1. The Morgan fingerprint density at radius 1 is 1.14 bits per heavy atom. The normalized spacial score (nSPS) is 21.6. The first-order valence-corrected chi connectivity index (χ1v) is 15.5. The second-order valence-corrected chi connectivity index (χ2v) is 13.7. The van der Waals surface area contributed by atoms with Gasteiger partial charge in [-0.15, -0.1) is 0 Å². The lowest BCUT2D eigenvalue weighted by Crippen LogP contribution is -2.46. The summed E-state index contributed by atoms with van der Waals surface area (Å²) in [6.45, 7) is 8.99. The number of carbonyl (C=O) groups excluding carboxylic acids is 2. The van der Waals surface area contributed by atoms with E-state index in [0.29, 0.717) is 34.5 Å². The van der Waals surface area contributed by atoms with Gasteiger partial charge in [0.1, 0.15) is 27.7 Å². The van der Waals surface area contributed by atoms with E-state index in [1.54, 1.807) is 19.2 Å². The Labute approximate surface area is 255 Å². The number of furan rings is 1. The zero-order chi connectivity index (χ0) is 30.2. The molecule has 1 saturated heterocycles. The third-order valence-electron chi connectivity index (χ3n) is 9.07. The molecule has 4 heterocycles. The van der Waals surface area contributed by atoms with Crippen molar-refractivity contribution in [3.05, 3.63) is 46.6 Å². The topological polar surface area (TPSA) is 98.8 Å². The van der Waals surface area contributed by atoms with Crippen LogP contribution in [0.4, 0.5) is 4.79 Å². The molecule has 3 aliphatic rings. The zero-order valence-corrected chi connectivity index (χ0v) is 26.0. The fraction of sp³-hybridized carbons (Fsp3) is 0.485. The van der Waals surface area contributed by atoms with Gasteiger partial charge in [-0.05, 0) is 95.5 Å². The van der Waals surface area contributed by atoms with Crippen LogP contribution in [-0.2, 0) is 11.3 Å². The van der Waals surface area contributed by atoms with E-state index in [1.165, 1.54) is 12.8 Å². The number of hydrogen-bond acceptors (Lipinski definition) is 6. The molecule has 2 aliphatic carbocycles. The number of halogens is 1. The summed E-state index contributed by atoms with van der Waals surface area (Å²) in [6, 6.07) is 9.31. The van der Waals surface area contributed by atoms with Gasteiger partial charge < -0.3 is 28.7 Å². The molecule has 2 saturated carbocycles. The average molecular weight is 605 g/mol. The number of amides is 2. The maximum Gasteiger partial charge on any atom is 0.407 e. The molecule has 3 aromatic heterocycles. The molecule has 43 heavy (non-hydrogen) atoms. The standard InChI is InChI=1S/C33H37ClN4O5/c1-17-27-24(41-5)13-21(31(39)38-16-20-8-10-22(38)28(20)36-32(40)43-33(2,3)4)14-25(27)42-29(17)23-12-19-9-11-26(34)35-30(19)37(23)15-18-6-7-18/h9,11-14,18,20,22,28H,6-8,10,15-16H2,1-5H3,(H,36,40)/t20?,22?,28-/m1/s1. The van der Waals surface area contributed by atoms with E-state index in [-0.39, 0.29) is 23.9 Å². The molecule has 10 heteroatoms. The van der Waals surface area contributed by atoms with Gasteiger partial charge in [0.05, 0.1) is 30.3 Å². The van der Waals surface area contributed by atoms with E-state index in [9.17, 15) is 9.59 Å². The molecule has 0 spiro atoms. The number of pyridine rings is 1. The highest BCUT2D eigenvalue weighted by Gasteiger charge is 2.50. The molecular weight excluding hydrogens is 568 g/mol. The Morgan fingerprint density at radius 2 is 1.93 bits per heavy atom. The van der Waals surface area contributed by atoms with E-state index in [1.807, 2.05) is 44.7 Å². The predicted octanol–water partition coefficient (Wildman–Crippen LogP) is 6.96. The molecular formula is C33H37ClN4O5. The first kappa shape index (κ1) is 28.1. The van der Waals surface area contributed by atoms with Crippen LogP contribution in [-0.4, -0.2) is 57.8 Å². The third-order valence-corrected chi connectivity index (χ3v) is 9.28. The van der Waals surface area contributed by atoms with E-state index in [4.69, 9.17) is 25.5 Å². The number of piperidine rings is 1. The maximum atomic E-state index is 14.0. The lowest BCUT2D eigenvalue weighted by Gasteiger charge is -2.28. The van der Waals surface area contributed by atoms with Crippen molar-refractivity contribution in [3.8, 4) is 17.2 Å². The van der Waals surface area contributed by atoms with Crippen molar-refractivity contribution in [1.82, 2.24) is 19.8 Å². The van der Waals surface area contributed by atoms with Crippen LogP contribution in [0.1, 0.15) is 62.4 Å². The second-order valence-electron chi connectivity index (χ2n) is 13.3. The number of aryl methyl sites for hydroxylation is 1. The molecule has 4 aromatic rings. The molecule has 2 bridgehead atoms. The summed E-state index contributed by atoms with van der Waals surface area (Å²) in [5.41, 5.74) is 3.24. The fourth-order valence-corrected chi connectivity index (χ4v) is 7.11. The molecule has 3 fully saturated rings. The molecule has 9 nitrogen and oxygen atoms in total. The number of nitrogens with one attached hydrogen (secondary N) is 1. The number of aromatic nitrogens is 2. The molecule has 1 N–H and O–H groups in total. The van der Waals surface area contributed by atoms with Crippen LogP contribution in [0.3, 0.4) is 0 Å². The number of nitrogens with zero attached hydrogens (tertiary/aromatic N) is 3. The first-order chi connectivity index (χ1) is 20.5. The van der Waals surface area contributed by atoms with Crippen LogP contribution >= 0.6 is 11.6 Å². The van der Waals surface area contributed by atoms with Crippen LogP contribution in [0.5, 0.6) is 5.75 Å². The summed E-state index contributed by atoms with van der Waals surface area (Å²) in [6.07, 6.45) is 3.76. The number of fused-ring (bicyclic) bond motifs is 4. The minimum atomic E-state index is -0.584. The highest BCUT2D eigenvalue weighted by molar-refractivity contribution is 6.29. The Balaban J connectivity index is 1.23. The molecule has 2 amide bonds. The van der Waals surface area contributed by atoms with E-state index >= 15 is 0 Å². The summed E-state index contributed by atoms with van der Waals surface area (Å²) >= 11 is 6.29. The van der Waals surface area contributed by atoms with Crippen LogP contribution in [0.15, 0.2) is 34.7 Å². The van der Waals surface area contributed by atoms with Gasteiger partial charge in [-0.1, -0.05) is 11.6 Å². The average Bonchev–Trinajstić information content (AvgIpc) is 3.31. The van der Waals surface area contributed by atoms with Gasteiger partial charge in [0.25, 0.3) is 5.91 Å². The van der Waals surface area contributed by atoms with Crippen LogP contribution < -0.4 is 10.1 Å². The van der Waals surface area contributed by atoms with Gasteiger partial charge >= 0.3 is 6.09 Å². The largest absolute Gasteiger partial charge is 0.496 e. The number of rotatable bonds is 6. The van der Waals surface area contributed by atoms with E-state index < -0.39 is 11.7 Å². The van der Waals surface area contributed by atoms with Gasteiger partial charge in [0.15, 0.2) is 5.76 Å². The van der Waals surface area contributed by atoms with Crippen LogP contribution in [0.25, 0.3) is 33.5 Å². The van der Waals surface area contributed by atoms with Gasteiger partial charge in [-0.25, -0.2) is 9.78 Å². The smallest absolute Gasteiger partial charge is 0.407 e. The summed E-state index contributed by atoms with van der Waals surface area (Å²) in [5, 5.41) is 5.34. The number of benzene rings is 1. The van der Waals surface area contributed by atoms with Crippen molar-refractivity contribution < 1.29 is 23.5 Å². The van der Waals surface area contributed by atoms with Gasteiger partial charge in [0.2, 0.25) is 0 Å². The Hall–Kier alpha value is -3.72. The van der Waals surface area contributed by atoms with Gasteiger partial charge in [-0.3, -0.25) is 4.79 Å². The monoisotopic (exact) mass is 604 g/mol.